The normalized spacial score (nSPS) is 10.6. The average Bonchev–Trinajstić information content (AvgIpc) is 3.25. The Morgan fingerprint density at radius 3 is 2.71 bits per heavy atom. The van der Waals surface area contributed by atoms with Gasteiger partial charge < -0.3 is 13.9 Å². The molecule has 28 heavy (non-hydrogen) atoms. The molecular formula is C20H17N3O5. The van der Waals surface area contributed by atoms with Gasteiger partial charge in [0.25, 0.3) is 5.91 Å². The molecule has 0 spiro atoms. The Balaban J connectivity index is 1.69. The minimum atomic E-state index is -0.628. The molecule has 8 heteroatoms. The lowest BCUT2D eigenvalue weighted by molar-refractivity contribution is 0.0695. The zero-order valence-corrected chi connectivity index (χ0v) is 15.0. The molecule has 1 aromatic carbocycles. The van der Waals surface area contributed by atoms with Crippen LogP contribution in [0.15, 0.2) is 70.6 Å². The van der Waals surface area contributed by atoms with Gasteiger partial charge in [0.1, 0.15) is 0 Å². The van der Waals surface area contributed by atoms with Crippen molar-refractivity contribution in [2.45, 2.75) is 6.92 Å². The highest BCUT2D eigenvalue weighted by Crippen LogP contribution is 2.29. The number of hydrazone groups is 1. The lowest BCUT2D eigenvalue weighted by Crippen LogP contribution is -2.17. The molecule has 0 saturated carbocycles. The SMILES string of the molecule is CCOc1cc(/C=N/NC(=O)c2ccncc2)ccc1OC(=O)c1ccco1. The lowest BCUT2D eigenvalue weighted by Gasteiger charge is -2.10. The summed E-state index contributed by atoms with van der Waals surface area (Å²) in [5.74, 6) is -0.274. The van der Waals surface area contributed by atoms with Crippen LogP contribution in [-0.2, 0) is 0 Å². The fraction of sp³-hybridized carbons (Fsp3) is 0.100. The number of nitrogens with one attached hydrogen (secondary N) is 1. The second-order valence-electron chi connectivity index (χ2n) is 5.44. The number of ether oxygens (including phenoxy) is 2. The van der Waals surface area contributed by atoms with Crippen LogP contribution in [0.3, 0.4) is 0 Å². The molecule has 2 heterocycles. The number of hydrogen-bond acceptors (Lipinski definition) is 7. The maximum Gasteiger partial charge on any atom is 0.379 e. The number of rotatable bonds is 7. The zero-order chi connectivity index (χ0) is 19.8. The molecule has 0 unspecified atom stereocenters. The predicted octanol–water partition coefficient (Wildman–Crippen LogP) is 3.06. The van der Waals surface area contributed by atoms with Gasteiger partial charge in [-0.3, -0.25) is 9.78 Å². The maximum absolute atomic E-state index is 12.0. The quantitative estimate of drug-likeness (QED) is 0.293. The number of aromatic nitrogens is 1. The molecule has 0 bridgehead atoms. The van der Waals surface area contributed by atoms with Crippen LogP contribution >= 0.6 is 0 Å². The fourth-order valence-electron chi connectivity index (χ4n) is 2.24. The van der Waals surface area contributed by atoms with E-state index in [2.05, 4.69) is 15.5 Å². The molecule has 0 fully saturated rings. The lowest BCUT2D eigenvalue weighted by atomic mass is 10.2. The van der Waals surface area contributed by atoms with Crippen molar-refractivity contribution in [3.63, 3.8) is 0 Å². The van der Waals surface area contributed by atoms with Crippen molar-refractivity contribution in [2.75, 3.05) is 6.61 Å². The van der Waals surface area contributed by atoms with Gasteiger partial charge in [-0.15, -0.1) is 0 Å². The monoisotopic (exact) mass is 379 g/mol. The first-order valence-corrected chi connectivity index (χ1v) is 8.43. The third-order valence-electron chi connectivity index (χ3n) is 3.51. The highest BCUT2D eigenvalue weighted by molar-refractivity contribution is 5.94. The molecule has 0 saturated heterocycles. The summed E-state index contributed by atoms with van der Waals surface area (Å²) in [5.41, 5.74) is 3.52. The van der Waals surface area contributed by atoms with Gasteiger partial charge in [-0.1, -0.05) is 0 Å². The van der Waals surface area contributed by atoms with Crippen molar-refractivity contribution in [3.8, 4) is 11.5 Å². The topological polar surface area (TPSA) is 103 Å². The standard InChI is InChI=1S/C20H17N3O5/c1-2-26-18-12-14(13-22-23-19(24)15-7-9-21-10-8-15)5-6-16(18)28-20(25)17-4-3-11-27-17/h3-13H,2H2,1H3,(H,23,24)/b22-13+. The summed E-state index contributed by atoms with van der Waals surface area (Å²) < 4.78 is 15.9. The van der Waals surface area contributed by atoms with E-state index in [4.69, 9.17) is 13.9 Å². The fourth-order valence-corrected chi connectivity index (χ4v) is 2.24. The van der Waals surface area contributed by atoms with Crippen molar-refractivity contribution in [1.29, 1.82) is 0 Å². The Morgan fingerprint density at radius 2 is 2.00 bits per heavy atom. The van der Waals surface area contributed by atoms with E-state index in [-0.39, 0.29) is 17.4 Å². The summed E-state index contributed by atoms with van der Waals surface area (Å²) in [6.07, 6.45) is 5.89. The number of carbonyl (C=O) groups is 2. The average molecular weight is 379 g/mol. The summed E-state index contributed by atoms with van der Waals surface area (Å²) in [6, 6.07) is 11.2. The summed E-state index contributed by atoms with van der Waals surface area (Å²) in [7, 11) is 0. The van der Waals surface area contributed by atoms with Gasteiger partial charge >= 0.3 is 5.97 Å². The molecule has 0 aliphatic heterocycles. The molecule has 3 rings (SSSR count). The van der Waals surface area contributed by atoms with E-state index in [9.17, 15) is 9.59 Å². The smallest absolute Gasteiger partial charge is 0.379 e. The number of carbonyl (C=O) groups excluding carboxylic acids is 2. The van der Waals surface area contributed by atoms with Crippen LogP contribution in [-0.4, -0.2) is 29.7 Å². The molecule has 8 nitrogen and oxygen atoms in total. The Hall–Kier alpha value is -3.94. The number of benzene rings is 1. The number of pyridine rings is 1. The first-order chi connectivity index (χ1) is 13.7. The van der Waals surface area contributed by atoms with Crippen LogP contribution in [0.25, 0.3) is 0 Å². The predicted molar refractivity (Wildman–Crippen MR) is 101 cm³/mol. The Bertz CT molecular complexity index is 969. The van der Waals surface area contributed by atoms with Gasteiger partial charge in [0, 0.05) is 18.0 Å². The number of furan rings is 1. The molecule has 2 aromatic heterocycles. The van der Waals surface area contributed by atoms with Gasteiger partial charge in [0.15, 0.2) is 11.5 Å². The number of hydrogen-bond donors (Lipinski definition) is 1. The zero-order valence-electron chi connectivity index (χ0n) is 15.0. The second kappa shape index (κ2) is 9.13. The summed E-state index contributed by atoms with van der Waals surface area (Å²) in [6.45, 7) is 2.19. The van der Waals surface area contributed by atoms with Crippen LogP contribution in [0.5, 0.6) is 11.5 Å². The number of esters is 1. The van der Waals surface area contributed by atoms with Crippen LogP contribution < -0.4 is 14.9 Å². The summed E-state index contributed by atoms with van der Waals surface area (Å²) >= 11 is 0. The van der Waals surface area contributed by atoms with E-state index in [0.717, 1.165) is 0 Å². The minimum Gasteiger partial charge on any atom is -0.490 e. The first kappa shape index (κ1) is 18.8. The first-order valence-electron chi connectivity index (χ1n) is 8.43. The van der Waals surface area contributed by atoms with Gasteiger partial charge in [0.05, 0.1) is 19.1 Å². The van der Waals surface area contributed by atoms with Gasteiger partial charge in [-0.2, -0.15) is 5.10 Å². The maximum atomic E-state index is 12.0. The van der Waals surface area contributed by atoms with Crippen LogP contribution in [0, 0.1) is 0 Å². The molecule has 0 aliphatic carbocycles. The summed E-state index contributed by atoms with van der Waals surface area (Å²) in [5, 5.41) is 3.93. The van der Waals surface area contributed by atoms with Crippen LogP contribution in [0.4, 0.5) is 0 Å². The highest BCUT2D eigenvalue weighted by Gasteiger charge is 2.15. The molecular weight excluding hydrogens is 362 g/mol. The molecule has 0 aliphatic rings. The van der Waals surface area contributed by atoms with E-state index in [1.807, 2.05) is 6.92 Å². The van der Waals surface area contributed by atoms with E-state index in [1.54, 1.807) is 36.4 Å². The van der Waals surface area contributed by atoms with Crippen LogP contribution in [0.2, 0.25) is 0 Å². The van der Waals surface area contributed by atoms with Gasteiger partial charge in [-0.05, 0) is 55.0 Å². The van der Waals surface area contributed by atoms with Gasteiger partial charge in [0.2, 0.25) is 5.76 Å². The Labute approximate surface area is 160 Å². The Morgan fingerprint density at radius 1 is 1.18 bits per heavy atom. The molecule has 0 radical (unpaired) electrons. The molecule has 142 valence electrons. The van der Waals surface area contributed by atoms with Crippen molar-refractivity contribution >= 4 is 18.1 Å². The molecule has 3 aromatic rings. The van der Waals surface area contributed by atoms with Crippen molar-refractivity contribution in [3.05, 3.63) is 78.0 Å². The van der Waals surface area contributed by atoms with Crippen LogP contribution in [0.1, 0.15) is 33.4 Å². The van der Waals surface area contributed by atoms with E-state index >= 15 is 0 Å². The summed E-state index contributed by atoms with van der Waals surface area (Å²) in [4.78, 5) is 27.9. The van der Waals surface area contributed by atoms with E-state index in [0.29, 0.717) is 23.5 Å². The van der Waals surface area contributed by atoms with E-state index in [1.165, 1.54) is 30.9 Å². The molecule has 1 N–H and O–H groups in total. The number of amides is 1. The largest absolute Gasteiger partial charge is 0.490 e. The van der Waals surface area contributed by atoms with Crippen molar-refractivity contribution in [2.24, 2.45) is 5.10 Å². The Kier molecular flexibility index (Phi) is 6.14. The minimum absolute atomic E-state index is 0.0897. The molecule has 1 amide bonds. The second-order valence-corrected chi connectivity index (χ2v) is 5.44. The van der Waals surface area contributed by atoms with Crippen molar-refractivity contribution in [1.82, 2.24) is 10.4 Å². The third kappa shape index (κ3) is 4.82. The van der Waals surface area contributed by atoms with E-state index < -0.39 is 5.97 Å². The third-order valence-corrected chi connectivity index (χ3v) is 3.51. The van der Waals surface area contributed by atoms with Crippen molar-refractivity contribution < 1.29 is 23.5 Å². The molecule has 0 atom stereocenters. The highest BCUT2D eigenvalue weighted by atomic mass is 16.6. The van der Waals surface area contributed by atoms with Gasteiger partial charge in [-0.25, -0.2) is 10.2 Å². The number of nitrogens with zero attached hydrogens (tertiary/aromatic N) is 2.